The number of nitrogens with zero attached hydrogens (tertiary/aromatic N) is 1. The molecule has 3 N–H and O–H groups in total. The molecule has 0 fully saturated rings. The summed E-state index contributed by atoms with van der Waals surface area (Å²) in [5, 5.41) is 19.5. The molecule has 2 amide bonds. The normalized spacial score (nSPS) is 9.90. The second-order valence-electron chi connectivity index (χ2n) is 4.04. The molecule has 0 aliphatic rings. The van der Waals surface area contributed by atoms with Crippen LogP contribution < -0.4 is 5.32 Å². The molecule has 0 unspecified atom stereocenters. The maximum atomic E-state index is 13.3. The van der Waals surface area contributed by atoms with Crippen LogP contribution in [0.25, 0.3) is 0 Å². The van der Waals surface area contributed by atoms with Crippen molar-refractivity contribution in [2.75, 3.05) is 18.4 Å². The fourth-order valence-electron chi connectivity index (χ4n) is 1.40. The number of anilines is 1. The van der Waals surface area contributed by atoms with Crippen LogP contribution in [0.4, 0.5) is 14.9 Å². The first-order valence-corrected chi connectivity index (χ1v) is 5.55. The Hall–Kier alpha value is -2.64. The molecular formula is C12H13FN2O5. The highest BCUT2D eigenvalue weighted by molar-refractivity contribution is 5.93. The third kappa shape index (κ3) is 4.56. The molecule has 0 saturated heterocycles. The van der Waals surface area contributed by atoms with Crippen LogP contribution in [0.5, 0.6) is 0 Å². The van der Waals surface area contributed by atoms with Gasteiger partial charge in [0.25, 0.3) is 0 Å². The lowest BCUT2D eigenvalue weighted by Gasteiger charge is -2.19. The van der Waals surface area contributed by atoms with Crippen LogP contribution in [0.1, 0.15) is 5.56 Å². The molecule has 0 aliphatic heterocycles. The van der Waals surface area contributed by atoms with E-state index >= 15 is 0 Å². The number of urea groups is 1. The average molecular weight is 284 g/mol. The molecule has 1 rings (SSSR count). The summed E-state index contributed by atoms with van der Waals surface area (Å²) in [6.07, 6.45) is 0. The molecule has 0 radical (unpaired) electrons. The number of hydrogen-bond donors (Lipinski definition) is 3. The lowest BCUT2D eigenvalue weighted by molar-refractivity contribution is -0.140. The van der Waals surface area contributed by atoms with Crippen LogP contribution in [0, 0.1) is 12.7 Å². The average Bonchev–Trinajstić information content (AvgIpc) is 2.32. The smallest absolute Gasteiger partial charge is 0.323 e. The Morgan fingerprint density at radius 2 is 1.75 bits per heavy atom. The van der Waals surface area contributed by atoms with Gasteiger partial charge >= 0.3 is 18.0 Å². The van der Waals surface area contributed by atoms with Gasteiger partial charge < -0.3 is 20.4 Å². The molecule has 108 valence electrons. The fourth-order valence-corrected chi connectivity index (χ4v) is 1.40. The molecule has 0 aromatic heterocycles. The number of halogens is 1. The highest BCUT2D eigenvalue weighted by Crippen LogP contribution is 2.14. The first kappa shape index (κ1) is 15.4. The SMILES string of the molecule is Cc1ccc(NC(=O)N(CC(=O)O)CC(=O)O)cc1F. The number of carboxylic acid groups (broad SMARTS) is 2. The van der Waals surface area contributed by atoms with E-state index in [9.17, 15) is 18.8 Å². The second kappa shape index (κ2) is 6.50. The molecule has 0 heterocycles. The first-order valence-electron chi connectivity index (χ1n) is 5.55. The topological polar surface area (TPSA) is 107 Å². The van der Waals surface area contributed by atoms with Crippen molar-refractivity contribution in [1.29, 1.82) is 0 Å². The molecule has 20 heavy (non-hydrogen) atoms. The van der Waals surface area contributed by atoms with Crippen molar-refractivity contribution >= 4 is 23.7 Å². The zero-order valence-electron chi connectivity index (χ0n) is 10.6. The summed E-state index contributed by atoms with van der Waals surface area (Å²) in [4.78, 5) is 33.5. The quantitative estimate of drug-likeness (QED) is 0.751. The Morgan fingerprint density at radius 3 is 2.20 bits per heavy atom. The maximum Gasteiger partial charge on any atom is 0.323 e. The van der Waals surface area contributed by atoms with Crippen LogP contribution in [0.3, 0.4) is 0 Å². The summed E-state index contributed by atoms with van der Waals surface area (Å²) in [5.41, 5.74) is 0.495. The zero-order chi connectivity index (χ0) is 15.3. The van der Waals surface area contributed by atoms with E-state index in [4.69, 9.17) is 10.2 Å². The number of rotatable bonds is 5. The van der Waals surface area contributed by atoms with Crippen molar-refractivity contribution < 1.29 is 29.0 Å². The Labute approximate surface area is 113 Å². The number of aryl methyl sites for hydroxylation is 1. The summed E-state index contributed by atoms with van der Waals surface area (Å²) >= 11 is 0. The molecule has 0 spiro atoms. The van der Waals surface area contributed by atoms with Crippen LogP contribution in [-0.4, -0.2) is 46.2 Å². The van der Waals surface area contributed by atoms with Crippen molar-refractivity contribution in [3.63, 3.8) is 0 Å². The third-order valence-corrected chi connectivity index (χ3v) is 2.36. The lowest BCUT2D eigenvalue weighted by Crippen LogP contribution is -2.41. The Kier molecular flexibility index (Phi) is 5.01. The van der Waals surface area contributed by atoms with E-state index in [1.54, 1.807) is 6.92 Å². The minimum Gasteiger partial charge on any atom is -0.480 e. The predicted octanol–water partition coefficient (Wildman–Crippen LogP) is 1.14. The molecule has 0 atom stereocenters. The van der Waals surface area contributed by atoms with Crippen LogP contribution >= 0.6 is 0 Å². The summed E-state index contributed by atoms with van der Waals surface area (Å²) in [7, 11) is 0. The van der Waals surface area contributed by atoms with Gasteiger partial charge in [0, 0.05) is 5.69 Å². The van der Waals surface area contributed by atoms with Crippen LogP contribution in [0.15, 0.2) is 18.2 Å². The molecule has 7 nitrogen and oxygen atoms in total. The molecule has 0 aliphatic carbocycles. The monoisotopic (exact) mass is 284 g/mol. The van der Waals surface area contributed by atoms with Crippen molar-refractivity contribution in [1.82, 2.24) is 4.90 Å². The summed E-state index contributed by atoms with van der Waals surface area (Å²) in [5.74, 6) is -3.24. The van der Waals surface area contributed by atoms with Crippen molar-refractivity contribution in [3.05, 3.63) is 29.6 Å². The molecular weight excluding hydrogens is 271 g/mol. The van der Waals surface area contributed by atoms with Gasteiger partial charge in [0.05, 0.1) is 0 Å². The van der Waals surface area contributed by atoms with E-state index in [0.717, 1.165) is 6.07 Å². The van der Waals surface area contributed by atoms with E-state index in [-0.39, 0.29) is 5.69 Å². The highest BCUT2D eigenvalue weighted by atomic mass is 19.1. The molecule has 8 heteroatoms. The number of hydrogen-bond acceptors (Lipinski definition) is 3. The van der Waals surface area contributed by atoms with Gasteiger partial charge in [0.1, 0.15) is 18.9 Å². The number of aliphatic carboxylic acids is 2. The minimum absolute atomic E-state index is 0.110. The van der Waals surface area contributed by atoms with E-state index in [1.165, 1.54) is 12.1 Å². The van der Waals surface area contributed by atoms with Gasteiger partial charge in [-0.1, -0.05) is 6.07 Å². The van der Waals surface area contributed by atoms with E-state index < -0.39 is 36.9 Å². The zero-order valence-corrected chi connectivity index (χ0v) is 10.6. The van der Waals surface area contributed by atoms with Gasteiger partial charge in [-0.3, -0.25) is 9.59 Å². The van der Waals surface area contributed by atoms with Crippen molar-refractivity contribution in [2.24, 2.45) is 0 Å². The summed E-state index contributed by atoms with van der Waals surface area (Å²) < 4.78 is 13.3. The number of carboxylic acids is 2. The highest BCUT2D eigenvalue weighted by Gasteiger charge is 2.19. The van der Waals surface area contributed by atoms with Crippen LogP contribution in [0.2, 0.25) is 0 Å². The maximum absolute atomic E-state index is 13.3. The number of benzene rings is 1. The molecule has 0 bridgehead atoms. The van der Waals surface area contributed by atoms with E-state index in [0.29, 0.717) is 10.5 Å². The largest absolute Gasteiger partial charge is 0.480 e. The summed E-state index contributed by atoms with van der Waals surface area (Å²) in [6.45, 7) is 0.00104. The van der Waals surface area contributed by atoms with Crippen LogP contribution in [-0.2, 0) is 9.59 Å². The number of amides is 2. The fraction of sp³-hybridized carbons (Fsp3) is 0.250. The van der Waals surface area contributed by atoms with Gasteiger partial charge in [-0.25, -0.2) is 9.18 Å². The Bertz CT molecular complexity index is 531. The number of carbonyl (C=O) groups excluding carboxylic acids is 1. The molecule has 1 aromatic rings. The van der Waals surface area contributed by atoms with Crippen molar-refractivity contribution in [3.8, 4) is 0 Å². The second-order valence-corrected chi connectivity index (χ2v) is 4.04. The number of nitrogens with one attached hydrogen (secondary N) is 1. The van der Waals surface area contributed by atoms with E-state index in [1.807, 2.05) is 0 Å². The molecule has 1 aromatic carbocycles. The Morgan fingerprint density at radius 1 is 1.20 bits per heavy atom. The molecule has 0 saturated carbocycles. The Balaban J connectivity index is 2.81. The van der Waals surface area contributed by atoms with Gasteiger partial charge in [-0.15, -0.1) is 0 Å². The minimum atomic E-state index is -1.35. The predicted molar refractivity (Wildman–Crippen MR) is 67.0 cm³/mol. The van der Waals surface area contributed by atoms with Gasteiger partial charge in [0.15, 0.2) is 0 Å². The van der Waals surface area contributed by atoms with E-state index in [2.05, 4.69) is 5.32 Å². The first-order chi connectivity index (χ1) is 9.29. The van der Waals surface area contributed by atoms with Gasteiger partial charge in [0.2, 0.25) is 0 Å². The van der Waals surface area contributed by atoms with Crippen molar-refractivity contribution in [2.45, 2.75) is 6.92 Å². The lowest BCUT2D eigenvalue weighted by atomic mass is 10.2. The summed E-state index contributed by atoms with van der Waals surface area (Å²) in [6, 6.07) is 2.99. The van der Waals surface area contributed by atoms with Gasteiger partial charge in [-0.05, 0) is 24.6 Å². The van der Waals surface area contributed by atoms with Gasteiger partial charge in [-0.2, -0.15) is 0 Å². The third-order valence-electron chi connectivity index (χ3n) is 2.36. The standard InChI is InChI=1S/C12H13FN2O5/c1-7-2-3-8(4-9(7)13)14-12(20)15(5-10(16)17)6-11(18)19/h2-4H,5-6H2,1H3,(H,14,20)(H,16,17)(H,18,19). The number of carbonyl (C=O) groups is 3.